The summed E-state index contributed by atoms with van der Waals surface area (Å²) in [6.45, 7) is 3.90. The van der Waals surface area contributed by atoms with Crippen LogP contribution in [0.3, 0.4) is 0 Å². The van der Waals surface area contributed by atoms with Crippen molar-refractivity contribution in [1.29, 1.82) is 5.26 Å². The van der Waals surface area contributed by atoms with Crippen molar-refractivity contribution in [2.75, 3.05) is 19.7 Å². The van der Waals surface area contributed by atoms with Crippen LogP contribution in [0.1, 0.15) is 45.4 Å². The molecule has 0 aliphatic carbocycles. The molecule has 5 nitrogen and oxygen atoms in total. The predicted molar refractivity (Wildman–Crippen MR) is 84.8 cm³/mol. The number of carbonyl (C=O) groups excluding carboxylic acids is 1. The molecule has 0 amide bonds. The van der Waals surface area contributed by atoms with Gasteiger partial charge in [-0.1, -0.05) is 26.2 Å². The number of hydrogen-bond acceptors (Lipinski definition) is 5. The van der Waals surface area contributed by atoms with Gasteiger partial charge in [-0.3, -0.25) is 0 Å². The van der Waals surface area contributed by atoms with Crippen molar-refractivity contribution in [3.05, 3.63) is 23.9 Å². The number of nitriles is 1. The van der Waals surface area contributed by atoms with Crippen LogP contribution in [-0.4, -0.2) is 41.8 Å². The van der Waals surface area contributed by atoms with Crippen LogP contribution in [0.4, 0.5) is 0 Å². The summed E-state index contributed by atoms with van der Waals surface area (Å²) in [5.41, 5.74) is -0.0465. The molecule has 1 aliphatic heterocycles. The van der Waals surface area contributed by atoms with E-state index in [0.717, 1.165) is 19.5 Å². The molecule has 0 radical (unpaired) electrons. The number of rotatable bonds is 7. The van der Waals surface area contributed by atoms with Gasteiger partial charge in [-0.25, -0.2) is 4.79 Å². The van der Waals surface area contributed by atoms with Crippen LogP contribution >= 0.6 is 0 Å². The lowest BCUT2D eigenvalue weighted by Crippen LogP contribution is -2.19. The van der Waals surface area contributed by atoms with Gasteiger partial charge in [-0.05, 0) is 37.6 Å². The van der Waals surface area contributed by atoms with Crippen molar-refractivity contribution >= 4 is 5.97 Å². The van der Waals surface area contributed by atoms with E-state index in [1.54, 1.807) is 6.08 Å². The molecule has 0 bridgehead atoms. The first-order valence-electron chi connectivity index (χ1n) is 8.05. The third kappa shape index (κ3) is 7.28. The number of aliphatic hydroxyl groups excluding tert-OH is 1. The molecule has 0 aromatic heterocycles. The Bertz CT molecular complexity index is 430. The Morgan fingerprint density at radius 1 is 1.36 bits per heavy atom. The van der Waals surface area contributed by atoms with E-state index in [9.17, 15) is 9.90 Å². The summed E-state index contributed by atoms with van der Waals surface area (Å²) in [7, 11) is 0. The largest absolute Gasteiger partial charge is 0.459 e. The fourth-order valence-corrected chi connectivity index (χ4v) is 2.32. The molecule has 1 unspecified atom stereocenters. The fourth-order valence-electron chi connectivity index (χ4n) is 2.32. The molecule has 1 saturated heterocycles. The third-order valence-electron chi connectivity index (χ3n) is 3.57. The maximum absolute atomic E-state index is 11.7. The van der Waals surface area contributed by atoms with Crippen molar-refractivity contribution in [3.63, 3.8) is 0 Å². The van der Waals surface area contributed by atoms with Crippen LogP contribution in [-0.2, 0) is 9.53 Å². The molecule has 0 saturated carbocycles. The molecule has 1 heterocycles. The van der Waals surface area contributed by atoms with Crippen molar-refractivity contribution in [3.8, 4) is 6.07 Å². The number of esters is 1. The maximum Gasteiger partial charge on any atom is 0.348 e. The molecule has 1 rings (SSSR count). The monoisotopic (exact) mass is 306 g/mol. The van der Waals surface area contributed by atoms with Gasteiger partial charge in [0.15, 0.2) is 0 Å². The highest BCUT2D eigenvalue weighted by Crippen LogP contribution is 2.10. The number of ether oxygens (including phenoxy) is 1. The number of hydrogen-bond donors (Lipinski definition) is 1. The minimum Gasteiger partial charge on any atom is -0.459 e. The zero-order valence-electron chi connectivity index (χ0n) is 13.3. The summed E-state index contributed by atoms with van der Waals surface area (Å²) in [5.74, 6) is -0.682. The zero-order chi connectivity index (χ0) is 16.2. The second-order valence-electron chi connectivity index (χ2n) is 5.52. The highest BCUT2D eigenvalue weighted by molar-refractivity contribution is 5.93. The van der Waals surface area contributed by atoms with Gasteiger partial charge >= 0.3 is 5.97 Å². The minimum atomic E-state index is -0.682. The summed E-state index contributed by atoms with van der Waals surface area (Å²) in [4.78, 5) is 14.0. The van der Waals surface area contributed by atoms with Crippen LogP contribution < -0.4 is 0 Å². The van der Waals surface area contributed by atoms with E-state index in [-0.39, 0.29) is 12.2 Å². The van der Waals surface area contributed by atoms with Gasteiger partial charge in [0.25, 0.3) is 0 Å². The summed E-state index contributed by atoms with van der Waals surface area (Å²) in [6, 6.07) is 1.84. The molecule has 22 heavy (non-hydrogen) atoms. The van der Waals surface area contributed by atoms with Crippen molar-refractivity contribution in [2.45, 2.75) is 51.6 Å². The molecule has 1 N–H and O–H groups in total. The molecular weight excluding hydrogens is 280 g/mol. The Kier molecular flexibility index (Phi) is 9.01. The Labute approximate surface area is 132 Å². The summed E-state index contributed by atoms with van der Waals surface area (Å²) in [6.07, 6.45) is 10.7. The number of likely N-dealkylation sites (tertiary alicyclic amines) is 1. The Morgan fingerprint density at radius 2 is 2.05 bits per heavy atom. The highest BCUT2D eigenvalue weighted by atomic mass is 16.5. The van der Waals surface area contributed by atoms with E-state index in [2.05, 4.69) is 4.90 Å². The lowest BCUT2D eigenvalue weighted by Gasteiger charge is -2.16. The van der Waals surface area contributed by atoms with E-state index < -0.39 is 12.1 Å². The van der Waals surface area contributed by atoms with Crippen molar-refractivity contribution in [2.24, 2.45) is 0 Å². The molecule has 1 atom stereocenters. The molecule has 0 aromatic carbocycles. The third-order valence-corrected chi connectivity index (χ3v) is 3.57. The molecule has 0 aromatic rings. The number of carbonyl (C=O) groups is 1. The van der Waals surface area contributed by atoms with E-state index in [1.807, 2.05) is 19.2 Å². The Morgan fingerprint density at radius 3 is 2.64 bits per heavy atom. The van der Waals surface area contributed by atoms with Gasteiger partial charge in [0, 0.05) is 13.1 Å². The van der Waals surface area contributed by atoms with Crippen molar-refractivity contribution < 1.29 is 14.6 Å². The van der Waals surface area contributed by atoms with Crippen molar-refractivity contribution in [1.82, 2.24) is 4.90 Å². The average molecular weight is 306 g/mol. The first kappa shape index (κ1) is 18.2. The van der Waals surface area contributed by atoms with Gasteiger partial charge < -0.3 is 14.7 Å². The topological polar surface area (TPSA) is 73.6 Å². The number of nitrogens with zero attached hydrogens (tertiary/aromatic N) is 2. The normalized spacial score (nSPS) is 17.9. The van der Waals surface area contributed by atoms with E-state index in [4.69, 9.17) is 10.00 Å². The maximum atomic E-state index is 11.7. The highest BCUT2D eigenvalue weighted by Gasteiger charge is 2.12. The van der Waals surface area contributed by atoms with Crippen LogP contribution in [0.15, 0.2) is 23.9 Å². The zero-order valence-corrected chi connectivity index (χ0v) is 13.3. The van der Waals surface area contributed by atoms with Gasteiger partial charge in [0.1, 0.15) is 18.2 Å². The lowest BCUT2D eigenvalue weighted by molar-refractivity contribution is -0.141. The first-order chi connectivity index (χ1) is 10.7. The van der Waals surface area contributed by atoms with E-state index in [1.165, 1.54) is 31.8 Å². The summed E-state index contributed by atoms with van der Waals surface area (Å²) < 4.78 is 4.94. The second kappa shape index (κ2) is 10.9. The van der Waals surface area contributed by atoms with Crippen LogP contribution in [0.2, 0.25) is 0 Å². The SMILES string of the molecule is CCCC(O)COC(=O)/C(C#N)=C/C=C/N1CCCCCC1. The standard InChI is InChI=1S/C17H26N2O3/c1-2-8-16(20)14-22-17(21)15(13-18)9-7-12-19-10-5-3-4-6-11-19/h7,9,12,16,20H,2-6,8,10-11,14H2,1H3/b12-7+,15-9+. The molecule has 5 heteroatoms. The summed E-state index contributed by atoms with van der Waals surface area (Å²) >= 11 is 0. The second-order valence-corrected chi connectivity index (χ2v) is 5.52. The van der Waals surface area contributed by atoms with Crippen LogP contribution in [0.25, 0.3) is 0 Å². The van der Waals surface area contributed by atoms with Gasteiger partial charge in [-0.2, -0.15) is 5.26 Å². The van der Waals surface area contributed by atoms with Gasteiger partial charge in [-0.15, -0.1) is 0 Å². The molecule has 1 fully saturated rings. The predicted octanol–water partition coefficient (Wildman–Crippen LogP) is 2.53. The molecule has 0 spiro atoms. The Hall–Kier alpha value is -1.80. The number of allylic oxidation sites excluding steroid dienone is 2. The fraction of sp³-hybridized carbons (Fsp3) is 0.647. The lowest BCUT2D eigenvalue weighted by atomic mass is 10.2. The first-order valence-corrected chi connectivity index (χ1v) is 8.05. The van der Waals surface area contributed by atoms with E-state index >= 15 is 0 Å². The quantitative estimate of drug-likeness (QED) is 0.339. The average Bonchev–Trinajstić information content (AvgIpc) is 2.78. The van der Waals surface area contributed by atoms with Crippen LogP contribution in [0, 0.1) is 11.3 Å². The molecular formula is C17H26N2O3. The van der Waals surface area contributed by atoms with Gasteiger partial charge in [0.05, 0.1) is 6.10 Å². The van der Waals surface area contributed by atoms with Gasteiger partial charge in [0.2, 0.25) is 0 Å². The number of aliphatic hydroxyl groups is 1. The minimum absolute atomic E-state index is 0.0465. The van der Waals surface area contributed by atoms with Crippen LogP contribution in [0.5, 0.6) is 0 Å². The molecule has 1 aliphatic rings. The van der Waals surface area contributed by atoms with E-state index in [0.29, 0.717) is 6.42 Å². The summed E-state index contributed by atoms with van der Waals surface area (Å²) in [5, 5.41) is 18.5. The Balaban J connectivity index is 2.47. The molecule has 122 valence electrons. The smallest absolute Gasteiger partial charge is 0.348 e.